The number of para-hydroxylation sites is 1. The molecule has 2 aromatic carbocycles. The topological polar surface area (TPSA) is 87.1 Å². The number of carboxylic acids is 1. The van der Waals surface area contributed by atoms with Gasteiger partial charge in [-0.1, -0.05) is 29.3 Å². The normalized spacial score (nSPS) is 10.4. The van der Waals surface area contributed by atoms with Gasteiger partial charge in [-0.15, -0.1) is 0 Å². The Labute approximate surface area is 159 Å². The minimum Gasteiger partial charge on any atom is -0.478 e. The minimum absolute atomic E-state index is 0.213. The first-order valence-electron chi connectivity index (χ1n) is 7.59. The Morgan fingerprint density at radius 3 is 2.12 bits per heavy atom. The van der Waals surface area contributed by atoms with Crippen LogP contribution in [-0.2, 0) is 0 Å². The molecule has 0 unspecified atom stereocenters. The quantitative estimate of drug-likeness (QED) is 0.551. The summed E-state index contributed by atoms with van der Waals surface area (Å²) in [6, 6.07) is 13.3. The number of nitrogens with zero attached hydrogens (tertiary/aromatic N) is 2. The minimum atomic E-state index is -0.975. The van der Waals surface area contributed by atoms with Gasteiger partial charge in [0.05, 0.1) is 21.3 Å². The van der Waals surface area contributed by atoms with Crippen molar-refractivity contribution in [1.82, 2.24) is 9.97 Å². The third-order valence-electron chi connectivity index (χ3n) is 3.46. The van der Waals surface area contributed by atoms with Gasteiger partial charge in [-0.2, -0.15) is 0 Å². The molecule has 0 aliphatic rings. The highest BCUT2D eigenvalue weighted by molar-refractivity contribution is 6.39. The van der Waals surface area contributed by atoms with E-state index in [1.54, 1.807) is 43.3 Å². The predicted molar refractivity (Wildman–Crippen MR) is 103 cm³/mol. The van der Waals surface area contributed by atoms with Crippen LogP contribution in [0, 0.1) is 6.92 Å². The molecule has 0 bridgehead atoms. The van der Waals surface area contributed by atoms with Gasteiger partial charge in [-0.3, -0.25) is 0 Å². The summed E-state index contributed by atoms with van der Waals surface area (Å²) in [6.07, 6.45) is 0. The second-order valence-electron chi connectivity index (χ2n) is 5.41. The molecule has 8 heteroatoms. The average Bonchev–Trinajstić information content (AvgIpc) is 2.58. The van der Waals surface area contributed by atoms with Crippen molar-refractivity contribution in [3.63, 3.8) is 0 Å². The van der Waals surface area contributed by atoms with E-state index < -0.39 is 5.97 Å². The van der Waals surface area contributed by atoms with Crippen LogP contribution in [0.25, 0.3) is 0 Å². The summed E-state index contributed by atoms with van der Waals surface area (Å²) in [6.45, 7) is 1.76. The summed E-state index contributed by atoms with van der Waals surface area (Å²) >= 11 is 12.4. The van der Waals surface area contributed by atoms with Crippen LogP contribution in [0.2, 0.25) is 10.0 Å². The van der Waals surface area contributed by atoms with E-state index in [0.29, 0.717) is 38.9 Å². The monoisotopic (exact) mass is 388 g/mol. The molecule has 1 aromatic heterocycles. The number of aromatic carboxylic acids is 1. The van der Waals surface area contributed by atoms with Gasteiger partial charge >= 0.3 is 5.97 Å². The standard InChI is InChI=1S/C18H14Cl2N4O2/c1-10-21-15(23-12-7-5-11(6-8-12)18(25)26)9-16(22-10)24-17-13(19)3-2-4-14(17)20/h2-9H,1H3,(H,25,26)(H2,21,22,23,24). The highest BCUT2D eigenvalue weighted by Gasteiger charge is 2.09. The first-order valence-corrected chi connectivity index (χ1v) is 8.35. The van der Waals surface area contributed by atoms with E-state index in [2.05, 4.69) is 20.6 Å². The van der Waals surface area contributed by atoms with Crippen molar-refractivity contribution in [2.45, 2.75) is 6.92 Å². The first kappa shape index (κ1) is 18.0. The van der Waals surface area contributed by atoms with Gasteiger partial charge in [-0.05, 0) is 43.3 Å². The van der Waals surface area contributed by atoms with Crippen LogP contribution in [0.1, 0.15) is 16.2 Å². The molecule has 0 atom stereocenters. The van der Waals surface area contributed by atoms with E-state index in [0.717, 1.165) is 0 Å². The second-order valence-corrected chi connectivity index (χ2v) is 6.23. The van der Waals surface area contributed by atoms with Gasteiger partial charge in [0.2, 0.25) is 0 Å². The number of rotatable bonds is 5. The van der Waals surface area contributed by atoms with Crippen LogP contribution in [0.4, 0.5) is 23.0 Å². The van der Waals surface area contributed by atoms with Crippen molar-refractivity contribution in [3.05, 3.63) is 70.0 Å². The van der Waals surface area contributed by atoms with E-state index in [-0.39, 0.29) is 5.56 Å². The Morgan fingerprint density at radius 1 is 0.962 bits per heavy atom. The smallest absolute Gasteiger partial charge is 0.335 e. The molecular weight excluding hydrogens is 375 g/mol. The molecule has 0 aliphatic carbocycles. The van der Waals surface area contributed by atoms with E-state index in [1.165, 1.54) is 12.1 Å². The molecule has 0 amide bonds. The van der Waals surface area contributed by atoms with Crippen molar-refractivity contribution in [2.24, 2.45) is 0 Å². The summed E-state index contributed by atoms with van der Waals surface area (Å²) in [7, 11) is 0. The molecule has 0 radical (unpaired) electrons. The van der Waals surface area contributed by atoms with Gasteiger partial charge in [0.15, 0.2) is 0 Å². The van der Waals surface area contributed by atoms with Crippen molar-refractivity contribution in [3.8, 4) is 0 Å². The largest absolute Gasteiger partial charge is 0.478 e. The van der Waals surface area contributed by atoms with Gasteiger partial charge in [0.1, 0.15) is 17.5 Å². The fourth-order valence-electron chi connectivity index (χ4n) is 2.29. The molecule has 26 heavy (non-hydrogen) atoms. The molecule has 0 saturated heterocycles. The lowest BCUT2D eigenvalue weighted by atomic mass is 10.2. The maximum Gasteiger partial charge on any atom is 0.335 e. The van der Waals surface area contributed by atoms with Crippen LogP contribution in [0.15, 0.2) is 48.5 Å². The number of nitrogens with one attached hydrogen (secondary N) is 2. The van der Waals surface area contributed by atoms with Crippen LogP contribution in [-0.4, -0.2) is 21.0 Å². The highest BCUT2D eigenvalue weighted by atomic mass is 35.5. The van der Waals surface area contributed by atoms with Gasteiger partial charge in [0, 0.05) is 11.8 Å². The molecule has 6 nitrogen and oxygen atoms in total. The number of benzene rings is 2. The molecule has 1 heterocycles. The van der Waals surface area contributed by atoms with Crippen molar-refractivity contribution >= 4 is 52.2 Å². The van der Waals surface area contributed by atoms with Crippen molar-refractivity contribution in [1.29, 1.82) is 0 Å². The number of aryl methyl sites for hydroxylation is 1. The van der Waals surface area contributed by atoms with E-state index >= 15 is 0 Å². The maximum absolute atomic E-state index is 10.9. The van der Waals surface area contributed by atoms with Gasteiger partial charge in [-0.25, -0.2) is 14.8 Å². The molecular formula is C18H14Cl2N4O2. The summed E-state index contributed by atoms with van der Waals surface area (Å²) in [4.78, 5) is 19.6. The zero-order chi connectivity index (χ0) is 18.7. The molecule has 3 N–H and O–H groups in total. The molecule has 132 valence electrons. The zero-order valence-corrected chi connectivity index (χ0v) is 15.1. The molecule has 3 aromatic rings. The number of carboxylic acid groups (broad SMARTS) is 1. The van der Waals surface area contributed by atoms with Gasteiger partial charge < -0.3 is 15.7 Å². The number of halogens is 2. The number of hydrogen-bond acceptors (Lipinski definition) is 5. The van der Waals surface area contributed by atoms with Crippen LogP contribution >= 0.6 is 23.2 Å². The van der Waals surface area contributed by atoms with Crippen molar-refractivity contribution in [2.75, 3.05) is 10.6 Å². The fourth-order valence-corrected chi connectivity index (χ4v) is 2.78. The fraction of sp³-hybridized carbons (Fsp3) is 0.0556. The third kappa shape index (κ3) is 4.22. The first-order chi connectivity index (χ1) is 12.4. The summed E-state index contributed by atoms with van der Waals surface area (Å²) < 4.78 is 0. The SMILES string of the molecule is Cc1nc(Nc2ccc(C(=O)O)cc2)cc(Nc2c(Cl)cccc2Cl)n1. The Kier molecular flexibility index (Phi) is 5.25. The summed E-state index contributed by atoms with van der Waals surface area (Å²) in [5.74, 6) is 0.642. The Bertz CT molecular complexity index is 942. The number of hydrogen-bond donors (Lipinski definition) is 3. The Hall–Kier alpha value is -2.83. The predicted octanol–water partition coefficient (Wildman–Crippen LogP) is 5.28. The molecule has 0 fully saturated rings. The summed E-state index contributed by atoms with van der Waals surface area (Å²) in [5, 5.41) is 16.1. The number of carbonyl (C=O) groups is 1. The van der Waals surface area contributed by atoms with Crippen LogP contribution in [0.5, 0.6) is 0 Å². The molecule has 0 saturated carbocycles. The number of anilines is 4. The van der Waals surface area contributed by atoms with Gasteiger partial charge in [0.25, 0.3) is 0 Å². The maximum atomic E-state index is 10.9. The lowest BCUT2D eigenvalue weighted by Crippen LogP contribution is -2.02. The van der Waals surface area contributed by atoms with Crippen LogP contribution in [0.3, 0.4) is 0 Å². The van der Waals surface area contributed by atoms with Crippen molar-refractivity contribution < 1.29 is 9.90 Å². The Balaban J connectivity index is 1.84. The third-order valence-corrected chi connectivity index (χ3v) is 4.09. The molecule has 0 spiro atoms. The van der Waals surface area contributed by atoms with E-state index in [1.807, 2.05) is 0 Å². The van der Waals surface area contributed by atoms with E-state index in [9.17, 15) is 4.79 Å². The lowest BCUT2D eigenvalue weighted by Gasteiger charge is -2.12. The van der Waals surface area contributed by atoms with Crippen LogP contribution < -0.4 is 10.6 Å². The second kappa shape index (κ2) is 7.59. The van der Waals surface area contributed by atoms with E-state index in [4.69, 9.17) is 28.3 Å². The molecule has 0 aliphatic heterocycles. The average molecular weight is 389 g/mol. The highest BCUT2D eigenvalue weighted by Crippen LogP contribution is 2.32. The molecule has 3 rings (SSSR count). The Morgan fingerprint density at radius 2 is 1.54 bits per heavy atom. The lowest BCUT2D eigenvalue weighted by molar-refractivity contribution is 0.0697. The number of aromatic nitrogens is 2. The zero-order valence-electron chi connectivity index (χ0n) is 13.6. The summed E-state index contributed by atoms with van der Waals surface area (Å²) in [5.41, 5.74) is 1.48.